The number of aliphatic hydroxyl groups is 1. The zero-order chi connectivity index (χ0) is 26.3. The number of thioether (sulfide) groups is 1. The number of carbonyl (C=O) groups excluding carboxylic acids is 1. The molecule has 0 saturated carbocycles. The van der Waals surface area contributed by atoms with Crippen molar-refractivity contribution < 1.29 is 19.4 Å². The number of carbonyl (C=O) groups is 1. The van der Waals surface area contributed by atoms with E-state index >= 15 is 0 Å². The van der Waals surface area contributed by atoms with Crippen LogP contribution < -0.4 is 5.32 Å². The van der Waals surface area contributed by atoms with Gasteiger partial charge in [0.25, 0.3) is 5.91 Å². The Kier molecular flexibility index (Phi) is 8.77. The monoisotopic (exact) mass is 548 g/mol. The Labute approximate surface area is 229 Å². The van der Waals surface area contributed by atoms with Gasteiger partial charge in [0.1, 0.15) is 5.01 Å². The molecule has 3 heterocycles. The predicted octanol–water partition coefficient (Wildman–Crippen LogP) is 5.00. The smallest absolute Gasteiger partial charge is 0.253 e. The minimum Gasteiger partial charge on any atom is -0.392 e. The zero-order valence-electron chi connectivity index (χ0n) is 20.8. The van der Waals surface area contributed by atoms with Crippen LogP contribution in [0.25, 0.3) is 0 Å². The molecule has 8 nitrogen and oxygen atoms in total. The lowest BCUT2D eigenvalue weighted by Gasteiger charge is -2.36. The standard InChI is InChI=1S/C28H28N4O4S2/c1-18-31-32-28(38-18)37-17-24-13-25(21-8-6-20(16-33)7-9-21)36-27(35-24)22-10-4-19(5-11-22)14-30-26(34)23-3-2-12-29-15-23/h2-12,15,24-25,27,33H,13-14,16-17H2,1H3,(H,30,34)/t24-,25+,27+/m0/s1. The van der Waals surface area contributed by atoms with Gasteiger partial charge >= 0.3 is 0 Å². The van der Waals surface area contributed by atoms with Gasteiger partial charge in [-0.2, -0.15) is 0 Å². The molecule has 4 aromatic rings. The number of aromatic nitrogens is 3. The topological polar surface area (TPSA) is 106 Å². The summed E-state index contributed by atoms with van der Waals surface area (Å²) in [5.74, 6) is 0.570. The van der Waals surface area contributed by atoms with Crippen molar-refractivity contribution in [1.82, 2.24) is 20.5 Å². The van der Waals surface area contributed by atoms with Gasteiger partial charge in [0.2, 0.25) is 0 Å². The average molecular weight is 549 g/mol. The van der Waals surface area contributed by atoms with Gasteiger partial charge in [0.05, 0.1) is 24.4 Å². The lowest BCUT2D eigenvalue weighted by atomic mass is 10.0. The van der Waals surface area contributed by atoms with Crippen molar-refractivity contribution in [2.75, 3.05) is 5.75 Å². The highest BCUT2D eigenvalue weighted by atomic mass is 32.2. The van der Waals surface area contributed by atoms with E-state index in [-0.39, 0.29) is 24.7 Å². The second kappa shape index (κ2) is 12.6. The van der Waals surface area contributed by atoms with Gasteiger partial charge in [-0.3, -0.25) is 9.78 Å². The molecular weight excluding hydrogens is 520 g/mol. The third-order valence-electron chi connectivity index (χ3n) is 6.14. The van der Waals surface area contributed by atoms with E-state index in [1.165, 1.54) is 0 Å². The van der Waals surface area contributed by atoms with Crippen molar-refractivity contribution in [3.63, 3.8) is 0 Å². The molecule has 2 N–H and O–H groups in total. The molecule has 1 fully saturated rings. The first-order chi connectivity index (χ1) is 18.6. The summed E-state index contributed by atoms with van der Waals surface area (Å²) >= 11 is 3.22. The quantitative estimate of drug-likeness (QED) is 0.282. The number of rotatable bonds is 9. The summed E-state index contributed by atoms with van der Waals surface area (Å²) in [5, 5.41) is 21.6. The molecule has 1 saturated heterocycles. The van der Waals surface area contributed by atoms with Gasteiger partial charge in [-0.1, -0.05) is 71.6 Å². The number of nitrogens with one attached hydrogen (secondary N) is 1. The molecule has 0 radical (unpaired) electrons. The summed E-state index contributed by atoms with van der Waals surface area (Å²) in [7, 11) is 0. The van der Waals surface area contributed by atoms with Crippen LogP contribution in [-0.2, 0) is 22.6 Å². The fourth-order valence-corrected chi connectivity index (χ4v) is 5.96. The molecule has 38 heavy (non-hydrogen) atoms. The van der Waals surface area contributed by atoms with Crippen LogP contribution in [0.15, 0.2) is 77.4 Å². The molecule has 3 atom stereocenters. The Hall–Kier alpha value is -3.15. The number of ether oxygens (including phenoxy) is 2. The van der Waals surface area contributed by atoms with Gasteiger partial charge in [-0.05, 0) is 35.7 Å². The van der Waals surface area contributed by atoms with Crippen LogP contribution in [0.5, 0.6) is 0 Å². The van der Waals surface area contributed by atoms with Crippen LogP contribution in [0.3, 0.4) is 0 Å². The Balaban J connectivity index is 1.27. The Morgan fingerprint density at radius 1 is 1.05 bits per heavy atom. The maximum Gasteiger partial charge on any atom is 0.253 e. The molecule has 1 aliphatic heterocycles. The lowest BCUT2D eigenvalue weighted by molar-refractivity contribution is -0.245. The third kappa shape index (κ3) is 6.83. The molecule has 196 valence electrons. The molecule has 1 amide bonds. The van der Waals surface area contributed by atoms with Crippen LogP contribution in [0.2, 0.25) is 0 Å². The molecule has 0 bridgehead atoms. The largest absolute Gasteiger partial charge is 0.392 e. The third-order valence-corrected chi connectivity index (χ3v) is 8.25. The number of aliphatic hydroxyl groups excluding tert-OH is 1. The highest BCUT2D eigenvalue weighted by Crippen LogP contribution is 2.39. The van der Waals surface area contributed by atoms with Gasteiger partial charge in [-0.25, -0.2) is 0 Å². The minimum absolute atomic E-state index is 0.00705. The van der Waals surface area contributed by atoms with Crippen LogP contribution in [0.4, 0.5) is 0 Å². The molecule has 1 aliphatic rings. The maximum atomic E-state index is 12.3. The Bertz CT molecular complexity index is 1330. The number of aryl methyl sites for hydroxylation is 1. The molecule has 10 heteroatoms. The van der Waals surface area contributed by atoms with Gasteiger partial charge in [0.15, 0.2) is 10.6 Å². The molecule has 5 rings (SSSR count). The highest BCUT2D eigenvalue weighted by Gasteiger charge is 2.32. The van der Waals surface area contributed by atoms with E-state index in [0.29, 0.717) is 18.5 Å². The van der Waals surface area contributed by atoms with Gasteiger partial charge in [0, 0.05) is 36.7 Å². The summed E-state index contributed by atoms with van der Waals surface area (Å²) in [6, 6.07) is 19.2. The van der Waals surface area contributed by atoms with Crippen LogP contribution >= 0.6 is 23.1 Å². The van der Waals surface area contributed by atoms with Crippen LogP contribution in [-0.4, -0.2) is 38.1 Å². The summed E-state index contributed by atoms with van der Waals surface area (Å²) < 4.78 is 13.7. The highest BCUT2D eigenvalue weighted by molar-refractivity contribution is 8.01. The molecule has 0 unspecified atom stereocenters. The van der Waals surface area contributed by atoms with Crippen molar-refractivity contribution in [3.05, 3.63) is 106 Å². The maximum absolute atomic E-state index is 12.3. The molecular formula is C28H28N4O4S2. The van der Waals surface area contributed by atoms with E-state index < -0.39 is 6.29 Å². The molecule has 2 aromatic carbocycles. The Morgan fingerprint density at radius 3 is 2.50 bits per heavy atom. The van der Waals surface area contributed by atoms with Crippen molar-refractivity contribution in [2.45, 2.75) is 49.3 Å². The SMILES string of the molecule is Cc1nnc(SC[C@@H]2C[C@H](c3ccc(CO)cc3)O[C@H](c3ccc(CNC(=O)c4cccnc4)cc3)O2)s1. The first-order valence-corrected chi connectivity index (χ1v) is 14.1. The fourth-order valence-electron chi connectivity index (χ4n) is 4.10. The van der Waals surface area contributed by atoms with E-state index in [4.69, 9.17) is 9.47 Å². The summed E-state index contributed by atoms with van der Waals surface area (Å²) in [6.45, 7) is 2.36. The van der Waals surface area contributed by atoms with Gasteiger partial charge < -0.3 is 19.9 Å². The predicted molar refractivity (Wildman–Crippen MR) is 146 cm³/mol. The van der Waals surface area contributed by atoms with Crippen molar-refractivity contribution in [1.29, 1.82) is 0 Å². The summed E-state index contributed by atoms with van der Waals surface area (Å²) in [5.41, 5.74) is 4.32. The number of hydrogen-bond donors (Lipinski definition) is 2. The number of nitrogens with zero attached hydrogens (tertiary/aromatic N) is 3. The van der Waals surface area contributed by atoms with E-state index in [1.807, 2.05) is 55.5 Å². The minimum atomic E-state index is -0.535. The number of benzene rings is 2. The number of hydrogen-bond acceptors (Lipinski definition) is 9. The summed E-state index contributed by atoms with van der Waals surface area (Å²) in [6.07, 6.45) is 3.15. The summed E-state index contributed by atoms with van der Waals surface area (Å²) in [4.78, 5) is 16.3. The number of amides is 1. The van der Waals surface area contributed by atoms with Crippen LogP contribution in [0.1, 0.15) is 56.4 Å². The zero-order valence-corrected chi connectivity index (χ0v) is 22.5. The normalized spacial score (nSPS) is 19.3. The van der Waals surface area contributed by atoms with E-state index in [0.717, 1.165) is 37.4 Å². The van der Waals surface area contributed by atoms with E-state index in [9.17, 15) is 9.90 Å². The van der Waals surface area contributed by atoms with Crippen LogP contribution in [0, 0.1) is 6.92 Å². The fraction of sp³-hybridized carbons (Fsp3) is 0.286. The average Bonchev–Trinajstić information content (AvgIpc) is 3.40. The first kappa shape index (κ1) is 26.5. The van der Waals surface area contributed by atoms with E-state index in [1.54, 1.807) is 47.6 Å². The Morgan fingerprint density at radius 2 is 1.82 bits per heavy atom. The van der Waals surface area contributed by atoms with Crippen molar-refractivity contribution in [3.8, 4) is 0 Å². The van der Waals surface area contributed by atoms with Crippen molar-refractivity contribution in [2.24, 2.45) is 0 Å². The van der Waals surface area contributed by atoms with E-state index in [2.05, 4.69) is 20.5 Å². The van der Waals surface area contributed by atoms with Gasteiger partial charge in [-0.15, -0.1) is 10.2 Å². The molecule has 0 spiro atoms. The second-order valence-corrected chi connectivity index (χ2v) is 11.4. The molecule has 0 aliphatic carbocycles. The number of pyridine rings is 1. The lowest BCUT2D eigenvalue weighted by Crippen LogP contribution is -2.31. The molecule has 2 aromatic heterocycles. The van der Waals surface area contributed by atoms with Crippen molar-refractivity contribution >= 4 is 29.0 Å². The first-order valence-electron chi connectivity index (χ1n) is 12.3. The second-order valence-electron chi connectivity index (χ2n) is 8.91.